The Labute approximate surface area is 96.9 Å². The average Bonchev–Trinajstić information content (AvgIpc) is 2.70. The van der Waals surface area contributed by atoms with E-state index in [0.717, 1.165) is 0 Å². The van der Waals surface area contributed by atoms with E-state index in [-0.39, 0.29) is 11.9 Å². The number of halogens is 3. The van der Waals surface area contributed by atoms with Crippen LogP contribution >= 0.6 is 23.2 Å². The Balaban J connectivity index is 2.19. The molecule has 2 atom stereocenters. The summed E-state index contributed by atoms with van der Waals surface area (Å²) in [6, 6.07) is 4.27. The van der Waals surface area contributed by atoms with E-state index in [2.05, 4.69) is 0 Å². The normalized spacial score (nSPS) is 25.8. The molecule has 1 fully saturated rings. The van der Waals surface area contributed by atoms with Gasteiger partial charge in [-0.2, -0.15) is 0 Å². The number of hydrogen-bond acceptors (Lipinski definition) is 2. The summed E-state index contributed by atoms with van der Waals surface area (Å²) in [6.07, 6.45) is -0.887. The van der Waals surface area contributed by atoms with Gasteiger partial charge >= 0.3 is 0 Å². The van der Waals surface area contributed by atoms with E-state index < -0.39 is 6.29 Å². The zero-order chi connectivity index (χ0) is 10.8. The fourth-order valence-corrected chi connectivity index (χ4v) is 1.73. The quantitative estimate of drug-likeness (QED) is 0.752. The molecular formula is C10H9Cl2FO2. The molecule has 2 nitrogen and oxygen atoms in total. The Bertz CT molecular complexity index is 359. The van der Waals surface area contributed by atoms with Gasteiger partial charge < -0.3 is 9.47 Å². The molecule has 1 heterocycles. The molecule has 15 heavy (non-hydrogen) atoms. The number of benzene rings is 1. The van der Waals surface area contributed by atoms with Gasteiger partial charge in [-0.1, -0.05) is 11.6 Å². The highest BCUT2D eigenvalue weighted by molar-refractivity contribution is 6.30. The highest BCUT2D eigenvalue weighted by atomic mass is 35.5. The van der Waals surface area contributed by atoms with Crippen molar-refractivity contribution in [3.05, 3.63) is 34.6 Å². The van der Waals surface area contributed by atoms with Crippen LogP contribution in [-0.4, -0.2) is 18.6 Å². The second-order valence-electron chi connectivity index (χ2n) is 3.24. The van der Waals surface area contributed by atoms with Crippen LogP contribution in [0.1, 0.15) is 11.9 Å². The van der Waals surface area contributed by atoms with Crippen molar-refractivity contribution in [2.45, 2.75) is 12.4 Å². The third kappa shape index (κ3) is 2.42. The first kappa shape index (κ1) is 11.1. The summed E-state index contributed by atoms with van der Waals surface area (Å²) in [4.78, 5) is 0. The summed E-state index contributed by atoms with van der Waals surface area (Å²) >= 11 is 11.4. The summed E-state index contributed by atoms with van der Waals surface area (Å²) < 4.78 is 24.1. The summed E-state index contributed by atoms with van der Waals surface area (Å²) in [6.45, 7) is 0.375. The van der Waals surface area contributed by atoms with E-state index in [1.165, 1.54) is 18.2 Å². The highest BCUT2D eigenvalue weighted by Gasteiger charge is 2.28. The predicted octanol–water partition coefficient (Wildman–Crippen LogP) is 3.13. The topological polar surface area (TPSA) is 18.5 Å². The molecule has 0 saturated carbocycles. The lowest BCUT2D eigenvalue weighted by Gasteiger charge is -2.11. The van der Waals surface area contributed by atoms with Crippen LogP contribution in [0.4, 0.5) is 4.39 Å². The first-order valence-corrected chi connectivity index (χ1v) is 5.40. The van der Waals surface area contributed by atoms with Gasteiger partial charge in [-0.05, 0) is 18.2 Å². The molecule has 82 valence electrons. The van der Waals surface area contributed by atoms with Crippen LogP contribution in [0.25, 0.3) is 0 Å². The lowest BCUT2D eigenvalue weighted by atomic mass is 10.2. The lowest BCUT2D eigenvalue weighted by molar-refractivity contribution is -0.0589. The smallest absolute Gasteiger partial charge is 0.187 e. The molecule has 0 aromatic heterocycles. The number of ether oxygens (including phenoxy) is 2. The molecular weight excluding hydrogens is 242 g/mol. The van der Waals surface area contributed by atoms with Crippen molar-refractivity contribution in [3.8, 4) is 0 Å². The Kier molecular flexibility index (Phi) is 3.46. The van der Waals surface area contributed by atoms with Crippen LogP contribution in [0.5, 0.6) is 0 Å². The van der Waals surface area contributed by atoms with Crippen LogP contribution in [0.2, 0.25) is 5.02 Å². The van der Waals surface area contributed by atoms with E-state index in [0.29, 0.717) is 23.1 Å². The summed E-state index contributed by atoms with van der Waals surface area (Å²) in [5, 5.41) is 0.452. The first-order chi connectivity index (χ1) is 7.20. The Morgan fingerprint density at radius 3 is 2.93 bits per heavy atom. The fourth-order valence-electron chi connectivity index (χ4n) is 1.39. The number of alkyl halides is 1. The summed E-state index contributed by atoms with van der Waals surface area (Å²) in [5.41, 5.74) is 0.315. The Morgan fingerprint density at radius 2 is 2.27 bits per heavy atom. The monoisotopic (exact) mass is 250 g/mol. The molecule has 1 aromatic rings. The minimum absolute atomic E-state index is 0.185. The first-order valence-electron chi connectivity index (χ1n) is 4.48. The van der Waals surface area contributed by atoms with Crippen molar-refractivity contribution >= 4 is 23.2 Å². The van der Waals surface area contributed by atoms with E-state index in [1.54, 1.807) is 0 Å². The third-order valence-electron chi connectivity index (χ3n) is 2.13. The second-order valence-corrected chi connectivity index (χ2v) is 3.99. The van der Waals surface area contributed by atoms with Gasteiger partial charge in [0.1, 0.15) is 5.82 Å². The predicted molar refractivity (Wildman–Crippen MR) is 55.7 cm³/mol. The molecule has 5 heteroatoms. The highest BCUT2D eigenvalue weighted by Crippen LogP contribution is 2.30. The van der Waals surface area contributed by atoms with Gasteiger partial charge in [0.2, 0.25) is 0 Å². The fraction of sp³-hybridized carbons (Fsp3) is 0.400. The van der Waals surface area contributed by atoms with Crippen LogP contribution in [0.15, 0.2) is 18.2 Å². The number of hydrogen-bond donors (Lipinski definition) is 0. The van der Waals surface area contributed by atoms with Crippen LogP contribution in [-0.2, 0) is 9.47 Å². The second kappa shape index (κ2) is 4.66. The van der Waals surface area contributed by atoms with Gasteiger partial charge in [0, 0.05) is 10.6 Å². The van der Waals surface area contributed by atoms with Gasteiger partial charge in [-0.15, -0.1) is 11.6 Å². The van der Waals surface area contributed by atoms with Crippen molar-refractivity contribution in [1.82, 2.24) is 0 Å². The van der Waals surface area contributed by atoms with Crippen molar-refractivity contribution in [2.75, 3.05) is 12.5 Å². The van der Waals surface area contributed by atoms with Gasteiger partial charge in [0.05, 0.1) is 18.6 Å². The van der Waals surface area contributed by atoms with Crippen molar-refractivity contribution in [1.29, 1.82) is 0 Å². The van der Waals surface area contributed by atoms with E-state index in [9.17, 15) is 4.39 Å². The maximum absolute atomic E-state index is 13.4. The van der Waals surface area contributed by atoms with Crippen molar-refractivity contribution in [3.63, 3.8) is 0 Å². The zero-order valence-electron chi connectivity index (χ0n) is 7.75. The lowest BCUT2D eigenvalue weighted by Crippen LogP contribution is -2.11. The molecule has 0 bridgehead atoms. The number of rotatable bonds is 2. The van der Waals surface area contributed by atoms with Crippen LogP contribution in [0.3, 0.4) is 0 Å². The molecule has 1 aliphatic rings. The van der Waals surface area contributed by atoms with Gasteiger partial charge in [-0.3, -0.25) is 0 Å². The zero-order valence-corrected chi connectivity index (χ0v) is 9.26. The molecule has 1 aromatic carbocycles. The SMILES string of the molecule is Fc1ccc(Cl)cc1C1OCC(CCl)O1. The standard InChI is InChI=1S/C10H9Cl2FO2/c11-4-7-5-14-10(15-7)8-3-6(12)1-2-9(8)13/h1-3,7,10H,4-5H2. The van der Waals surface area contributed by atoms with Crippen molar-refractivity contribution in [2.24, 2.45) is 0 Å². The molecule has 0 N–H and O–H groups in total. The Hall–Kier alpha value is -0.350. The summed E-state index contributed by atoms with van der Waals surface area (Å²) in [7, 11) is 0. The maximum atomic E-state index is 13.4. The van der Waals surface area contributed by atoms with Gasteiger partial charge in [-0.25, -0.2) is 4.39 Å². The van der Waals surface area contributed by atoms with Crippen molar-refractivity contribution < 1.29 is 13.9 Å². The third-order valence-corrected chi connectivity index (χ3v) is 2.71. The van der Waals surface area contributed by atoms with Crippen LogP contribution < -0.4 is 0 Å². The van der Waals surface area contributed by atoms with E-state index >= 15 is 0 Å². The molecule has 0 amide bonds. The van der Waals surface area contributed by atoms with E-state index in [4.69, 9.17) is 32.7 Å². The maximum Gasteiger partial charge on any atom is 0.187 e. The summed E-state index contributed by atoms with van der Waals surface area (Å²) in [5.74, 6) is -0.0572. The van der Waals surface area contributed by atoms with E-state index in [1.807, 2.05) is 0 Å². The molecule has 1 saturated heterocycles. The van der Waals surface area contributed by atoms with Gasteiger partial charge in [0.25, 0.3) is 0 Å². The van der Waals surface area contributed by atoms with Crippen LogP contribution in [0, 0.1) is 5.82 Å². The molecule has 0 radical (unpaired) electrons. The molecule has 0 spiro atoms. The minimum atomic E-state index is -0.701. The van der Waals surface area contributed by atoms with Gasteiger partial charge in [0.15, 0.2) is 6.29 Å². The largest absolute Gasteiger partial charge is 0.346 e. The minimum Gasteiger partial charge on any atom is -0.346 e. The average molecular weight is 251 g/mol. The molecule has 1 aliphatic heterocycles. The molecule has 0 aliphatic carbocycles. The Morgan fingerprint density at radius 1 is 1.47 bits per heavy atom. The molecule has 2 unspecified atom stereocenters. The molecule has 2 rings (SSSR count).